The molecule has 3 N–H and O–H groups in total. The van der Waals surface area contributed by atoms with Crippen molar-refractivity contribution in [2.45, 2.75) is 4.90 Å². The Morgan fingerprint density at radius 2 is 2.14 bits per heavy atom. The lowest BCUT2D eigenvalue weighted by atomic mass is 10.5. The lowest BCUT2D eigenvalue weighted by Crippen LogP contribution is -2.22. The van der Waals surface area contributed by atoms with Crippen LogP contribution in [0.4, 0.5) is 5.82 Å². The topological polar surface area (TPSA) is 88.3 Å². The van der Waals surface area contributed by atoms with Crippen molar-refractivity contribution in [2.75, 3.05) is 19.5 Å². The van der Waals surface area contributed by atoms with Crippen LogP contribution < -0.4 is 11.3 Å². The van der Waals surface area contributed by atoms with Gasteiger partial charge >= 0.3 is 0 Å². The van der Waals surface area contributed by atoms with Crippen molar-refractivity contribution < 1.29 is 8.42 Å². The second-order valence-electron chi connectivity index (χ2n) is 2.81. The maximum absolute atomic E-state index is 11.6. The molecule has 0 spiro atoms. The molecule has 1 aromatic heterocycles. The van der Waals surface area contributed by atoms with E-state index in [0.717, 1.165) is 4.31 Å². The highest BCUT2D eigenvalue weighted by molar-refractivity contribution is 7.89. The predicted molar refractivity (Wildman–Crippen MR) is 52.9 cm³/mol. The zero-order valence-corrected chi connectivity index (χ0v) is 8.75. The fraction of sp³-hybridized carbons (Fsp3) is 0.286. The summed E-state index contributed by atoms with van der Waals surface area (Å²) in [5.41, 5.74) is 2.28. The predicted octanol–water partition coefficient (Wildman–Crippen LogP) is -0.382. The summed E-state index contributed by atoms with van der Waals surface area (Å²) in [6.07, 6.45) is 1.38. The van der Waals surface area contributed by atoms with Crippen molar-refractivity contribution in [2.24, 2.45) is 5.84 Å². The molecule has 14 heavy (non-hydrogen) atoms. The second-order valence-corrected chi connectivity index (χ2v) is 4.96. The molecule has 0 aromatic carbocycles. The summed E-state index contributed by atoms with van der Waals surface area (Å²) >= 11 is 0. The lowest BCUT2D eigenvalue weighted by molar-refractivity contribution is 0.520. The zero-order chi connectivity index (χ0) is 10.8. The highest BCUT2D eigenvalue weighted by Crippen LogP contribution is 2.14. The average molecular weight is 216 g/mol. The zero-order valence-electron chi connectivity index (χ0n) is 7.93. The molecule has 0 bridgehead atoms. The molecule has 0 amide bonds. The van der Waals surface area contributed by atoms with Crippen molar-refractivity contribution in [3.8, 4) is 0 Å². The van der Waals surface area contributed by atoms with Gasteiger partial charge in [0.2, 0.25) is 10.0 Å². The molecule has 0 aliphatic carbocycles. The molecule has 7 heteroatoms. The molecular formula is C7H12N4O2S. The van der Waals surface area contributed by atoms with Gasteiger partial charge in [-0.15, -0.1) is 0 Å². The summed E-state index contributed by atoms with van der Waals surface area (Å²) in [6, 6.07) is 2.78. The number of anilines is 1. The molecular weight excluding hydrogens is 204 g/mol. The van der Waals surface area contributed by atoms with Crippen LogP contribution in [-0.2, 0) is 10.0 Å². The van der Waals surface area contributed by atoms with Crippen LogP contribution in [0.15, 0.2) is 23.2 Å². The maximum Gasteiger partial charge on any atom is 0.242 e. The third-order valence-corrected chi connectivity index (χ3v) is 3.47. The van der Waals surface area contributed by atoms with Crippen molar-refractivity contribution in [3.05, 3.63) is 18.3 Å². The molecule has 6 nitrogen and oxygen atoms in total. The molecule has 0 aliphatic rings. The Kier molecular flexibility index (Phi) is 3.04. The van der Waals surface area contributed by atoms with E-state index < -0.39 is 10.0 Å². The van der Waals surface area contributed by atoms with Crippen LogP contribution in [0.3, 0.4) is 0 Å². The van der Waals surface area contributed by atoms with E-state index in [1.807, 2.05) is 0 Å². The summed E-state index contributed by atoms with van der Waals surface area (Å²) < 4.78 is 24.4. The van der Waals surface area contributed by atoms with Crippen LogP contribution >= 0.6 is 0 Å². The molecule has 1 aromatic rings. The number of nitrogens with two attached hydrogens (primary N) is 1. The minimum Gasteiger partial charge on any atom is -0.308 e. The maximum atomic E-state index is 11.6. The molecule has 78 valence electrons. The minimum atomic E-state index is -3.41. The van der Waals surface area contributed by atoms with Gasteiger partial charge < -0.3 is 5.43 Å². The Bertz CT molecular complexity index is 415. The number of pyridine rings is 1. The van der Waals surface area contributed by atoms with Gasteiger partial charge in [0.15, 0.2) is 0 Å². The van der Waals surface area contributed by atoms with Crippen LogP contribution in [0, 0.1) is 0 Å². The highest BCUT2D eigenvalue weighted by atomic mass is 32.2. The summed E-state index contributed by atoms with van der Waals surface area (Å²) in [6.45, 7) is 0. The highest BCUT2D eigenvalue weighted by Gasteiger charge is 2.17. The van der Waals surface area contributed by atoms with Gasteiger partial charge in [-0.2, -0.15) is 0 Å². The Morgan fingerprint density at radius 3 is 2.64 bits per heavy atom. The van der Waals surface area contributed by atoms with Crippen molar-refractivity contribution in [1.82, 2.24) is 9.29 Å². The van der Waals surface area contributed by atoms with E-state index in [1.54, 1.807) is 0 Å². The van der Waals surface area contributed by atoms with Crippen LogP contribution in [0.25, 0.3) is 0 Å². The van der Waals surface area contributed by atoms with Gasteiger partial charge in [0, 0.05) is 26.4 Å². The summed E-state index contributed by atoms with van der Waals surface area (Å²) in [4.78, 5) is 3.97. The molecule has 0 atom stereocenters. The smallest absolute Gasteiger partial charge is 0.242 e. The van der Waals surface area contributed by atoms with E-state index in [1.165, 1.54) is 32.4 Å². The number of nitrogen functional groups attached to an aromatic ring is 1. The molecule has 0 saturated carbocycles. The van der Waals surface area contributed by atoms with Crippen molar-refractivity contribution in [1.29, 1.82) is 0 Å². The van der Waals surface area contributed by atoms with Gasteiger partial charge in [0.25, 0.3) is 0 Å². The number of nitrogens with one attached hydrogen (secondary N) is 1. The van der Waals surface area contributed by atoms with Gasteiger partial charge in [0.1, 0.15) is 5.82 Å². The van der Waals surface area contributed by atoms with Gasteiger partial charge in [-0.1, -0.05) is 0 Å². The van der Waals surface area contributed by atoms with Gasteiger partial charge in [-0.25, -0.2) is 23.5 Å². The first kappa shape index (κ1) is 10.9. The van der Waals surface area contributed by atoms with Crippen molar-refractivity contribution >= 4 is 15.8 Å². The summed E-state index contributed by atoms with van der Waals surface area (Å²) in [5.74, 6) is 5.43. The number of rotatable bonds is 3. The molecule has 0 fully saturated rings. The molecule has 1 rings (SSSR count). The first-order chi connectivity index (χ1) is 6.48. The van der Waals surface area contributed by atoms with Gasteiger partial charge in [0.05, 0.1) is 4.90 Å². The molecule has 0 unspecified atom stereocenters. The molecule has 1 heterocycles. The fourth-order valence-electron chi connectivity index (χ4n) is 0.861. The first-order valence-electron chi connectivity index (χ1n) is 3.83. The van der Waals surface area contributed by atoms with Crippen LogP contribution in [0.1, 0.15) is 0 Å². The number of sulfonamides is 1. The third kappa shape index (κ3) is 2.00. The Hall–Kier alpha value is -1.18. The van der Waals surface area contributed by atoms with Crippen molar-refractivity contribution in [3.63, 3.8) is 0 Å². The molecule has 0 radical (unpaired) electrons. The minimum absolute atomic E-state index is 0.158. The number of hydrogen-bond acceptors (Lipinski definition) is 5. The average Bonchev–Trinajstić information content (AvgIpc) is 2.17. The number of hydrazine groups is 1. The van der Waals surface area contributed by atoms with E-state index in [-0.39, 0.29) is 4.90 Å². The molecule has 0 aliphatic heterocycles. The third-order valence-electron chi connectivity index (χ3n) is 1.66. The van der Waals surface area contributed by atoms with Crippen LogP contribution in [0.5, 0.6) is 0 Å². The number of aromatic nitrogens is 1. The van der Waals surface area contributed by atoms with E-state index in [2.05, 4.69) is 10.4 Å². The van der Waals surface area contributed by atoms with E-state index in [9.17, 15) is 8.42 Å². The van der Waals surface area contributed by atoms with Crippen LogP contribution in [-0.4, -0.2) is 31.8 Å². The second kappa shape index (κ2) is 3.91. The quantitative estimate of drug-likeness (QED) is 0.531. The van der Waals surface area contributed by atoms with E-state index in [4.69, 9.17) is 5.84 Å². The Morgan fingerprint density at radius 1 is 1.50 bits per heavy atom. The summed E-state index contributed by atoms with van der Waals surface area (Å²) in [5, 5.41) is 0. The molecule has 0 saturated heterocycles. The van der Waals surface area contributed by atoms with Gasteiger partial charge in [-0.3, -0.25) is 0 Å². The Labute approximate surface area is 82.8 Å². The standard InChI is InChI=1S/C7H12N4O2S/c1-11(2)14(12,13)6-3-4-9-7(5-6)10-8/h3-5H,8H2,1-2H3,(H,9,10). The Balaban J connectivity index is 3.20. The normalized spacial score (nSPS) is 11.7. The van der Waals surface area contributed by atoms with E-state index >= 15 is 0 Å². The fourth-order valence-corrected chi connectivity index (χ4v) is 1.78. The van der Waals surface area contributed by atoms with E-state index in [0.29, 0.717) is 5.82 Å². The first-order valence-corrected chi connectivity index (χ1v) is 5.27. The lowest BCUT2D eigenvalue weighted by Gasteiger charge is -2.11. The van der Waals surface area contributed by atoms with Gasteiger partial charge in [-0.05, 0) is 6.07 Å². The largest absolute Gasteiger partial charge is 0.308 e. The SMILES string of the molecule is CN(C)S(=O)(=O)c1ccnc(NN)c1. The summed E-state index contributed by atoms with van der Waals surface area (Å²) in [7, 11) is -0.485. The monoisotopic (exact) mass is 216 g/mol. The number of nitrogens with zero attached hydrogens (tertiary/aromatic N) is 2. The number of hydrogen-bond donors (Lipinski definition) is 2. The van der Waals surface area contributed by atoms with Crippen LogP contribution in [0.2, 0.25) is 0 Å².